The first-order valence-electron chi connectivity index (χ1n) is 7.75. The summed E-state index contributed by atoms with van der Waals surface area (Å²) in [6, 6.07) is 10.7. The monoisotopic (exact) mass is 363 g/mol. The van der Waals surface area contributed by atoms with E-state index in [2.05, 4.69) is 5.32 Å². The van der Waals surface area contributed by atoms with Crippen LogP contribution in [0.5, 0.6) is 11.5 Å². The smallest absolute Gasteiger partial charge is 0.252 e. The molecule has 0 spiro atoms. The normalized spacial score (nSPS) is 17.2. The van der Waals surface area contributed by atoms with Crippen LogP contribution in [0.15, 0.2) is 36.4 Å². The van der Waals surface area contributed by atoms with E-state index in [0.717, 1.165) is 29.9 Å². The third kappa shape index (κ3) is 2.80. The van der Waals surface area contributed by atoms with Gasteiger partial charge in [-0.25, -0.2) is 0 Å². The molecule has 0 saturated heterocycles. The Morgan fingerprint density at radius 3 is 2.42 bits per heavy atom. The molecule has 0 unspecified atom stereocenters. The van der Waals surface area contributed by atoms with Gasteiger partial charge in [0.15, 0.2) is 11.5 Å². The lowest BCUT2D eigenvalue weighted by Gasteiger charge is -2.23. The maximum absolute atomic E-state index is 12.6. The lowest BCUT2D eigenvalue weighted by atomic mass is 10.0. The van der Waals surface area contributed by atoms with Crippen LogP contribution in [0.25, 0.3) is 0 Å². The molecule has 24 heavy (non-hydrogen) atoms. The fourth-order valence-corrected chi connectivity index (χ4v) is 3.18. The van der Waals surface area contributed by atoms with Crippen LogP contribution in [0.3, 0.4) is 0 Å². The van der Waals surface area contributed by atoms with Gasteiger partial charge in [-0.2, -0.15) is 0 Å². The Hall–Kier alpha value is -1.91. The van der Waals surface area contributed by atoms with Crippen molar-refractivity contribution in [2.75, 3.05) is 13.2 Å². The van der Waals surface area contributed by atoms with Crippen LogP contribution >= 0.6 is 23.2 Å². The Bertz CT molecular complexity index is 818. The van der Waals surface area contributed by atoms with Gasteiger partial charge in [-0.3, -0.25) is 4.79 Å². The lowest BCUT2D eigenvalue weighted by molar-refractivity contribution is 0.0930. The Labute approximate surface area is 149 Å². The highest BCUT2D eigenvalue weighted by molar-refractivity contribution is 6.42. The molecule has 1 N–H and O–H groups in total. The Balaban J connectivity index is 1.57. The molecule has 1 amide bonds. The number of ether oxygens (including phenoxy) is 2. The maximum atomic E-state index is 12.6. The molecule has 0 aromatic heterocycles. The number of halogens is 2. The molecule has 2 aromatic carbocycles. The molecule has 4 rings (SSSR count). The third-order valence-electron chi connectivity index (χ3n) is 4.38. The maximum Gasteiger partial charge on any atom is 0.252 e. The quantitative estimate of drug-likeness (QED) is 0.889. The zero-order valence-electron chi connectivity index (χ0n) is 12.8. The van der Waals surface area contributed by atoms with Gasteiger partial charge >= 0.3 is 0 Å². The third-order valence-corrected chi connectivity index (χ3v) is 5.12. The first kappa shape index (κ1) is 15.6. The number of hydrogen-bond acceptors (Lipinski definition) is 3. The van der Waals surface area contributed by atoms with Crippen molar-refractivity contribution in [3.8, 4) is 11.5 Å². The molecule has 0 atom stereocenters. The van der Waals surface area contributed by atoms with Crippen LogP contribution in [0.4, 0.5) is 0 Å². The number of amides is 1. The van der Waals surface area contributed by atoms with Gasteiger partial charge in [0.25, 0.3) is 5.91 Å². The van der Waals surface area contributed by atoms with E-state index in [9.17, 15) is 4.79 Å². The molecule has 0 bridgehead atoms. The van der Waals surface area contributed by atoms with E-state index in [1.165, 1.54) is 0 Å². The molecular weight excluding hydrogens is 349 g/mol. The van der Waals surface area contributed by atoms with E-state index in [1.807, 2.05) is 18.2 Å². The zero-order valence-corrected chi connectivity index (χ0v) is 14.3. The van der Waals surface area contributed by atoms with Gasteiger partial charge in [-0.05, 0) is 48.7 Å². The Morgan fingerprint density at radius 1 is 0.958 bits per heavy atom. The molecular formula is C18H15Cl2NO3. The van der Waals surface area contributed by atoms with E-state index in [-0.39, 0.29) is 11.4 Å². The van der Waals surface area contributed by atoms with Crippen molar-refractivity contribution in [3.63, 3.8) is 0 Å². The van der Waals surface area contributed by atoms with Crippen molar-refractivity contribution >= 4 is 29.1 Å². The van der Waals surface area contributed by atoms with Crippen LogP contribution in [-0.2, 0) is 5.54 Å². The average Bonchev–Trinajstić information content (AvgIpc) is 3.37. The van der Waals surface area contributed by atoms with E-state index in [1.54, 1.807) is 18.2 Å². The summed E-state index contributed by atoms with van der Waals surface area (Å²) >= 11 is 11.9. The van der Waals surface area contributed by atoms with Gasteiger partial charge < -0.3 is 14.8 Å². The minimum Gasteiger partial charge on any atom is -0.486 e. The Kier molecular flexibility index (Phi) is 3.82. The lowest BCUT2D eigenvalue weighted by Crippen LogP contribution is -2.35. The summed E-state index contributed by atoms with van der Waals surface area (Å²) in [5.74, 6) is 1.31. The van der Waals surface area contributed by atoms with E-state index < -0.39 is 0 Å². The molecule has 6 heteroatoms. The second kappa shape index (κ2) is 5.87. The zero-order chi connectivity index (χ0) is 16.7. The average molecular weight is 364 g/mol. The minimum atomic E-state index is -0.348. The highest BCUT2D eigenvalue weighted by Gasteiger charge is 2.46. The largest absolute Gasteiger partial charge is 0.486 e. The predicted molar refractivity (Wildman–Crippen MR) is 92.3 cm³/mol. The number of rotatable bonds is 3. The van der Waals surface area contributed by atoms with Crippen molar-refractivity contribution in [1.29, 1.82) is 0 Å². The fourth-order valence-electron chi connectivity index (χ4n) is 2.88. The molecule has 124 valence electrons. The van der Waals surface area contributed by atoms with Gasteiger partial charge in [-0.1, -0.05) is 29.3 Å². The summed E-state index contributed by atoms with van der Waals surface area (Å²) in [6.07, 6.45) is 1.78. The SMILES string of the molecule is O=C(NC1(c2ccc3c(c2)OCCO3)CC1)c1ccc(Cl)c(Cl)c1. The van der Waals surface area contributed by atoms with Crippen molar-refractivity contribution in [1.82, 2.24) is 5.32 Å². The van der Waals surface area contributed by atoms with Crippen molar-refractivity contribution in [2.45, 2.75) is 18.4 Å². The second-order valence-electron chi connectivity index (χ2n) is 6.02. The first-order chi connectivity index (χ1) is 11.6. The summed E-state index contributed by atoms with van der Waals surface area (Å²) in [5, 5.41) is 3.92. The van der Waals surface area contributed by atoms with Crippen molar-refractivity contribution in [3.05, 3.63) is 57.6 Å². The van der Waals surface area contributed by atoms with Crippen LogP contribution < -0.4 is 14.8 Å². The Morgan fingerprint density at radius 2 is 1.71 bits per heavy atom. The molecule has 4 nitrogen and oxygen atoms in total. The molecule has 1 fully saturated rings. The summed E-state index contributed by atoms with van der Waals surface area (Å²) in [4.78, 5) is 12.6. The fraction of sp³-hybridized carbons (Fsp3) is 0.278. The molecule has 2 aliphatic rings. The van der Waals surface area contributed by atoms with Crippen LogP contribution in [0, 0.1) is 0 Å². The summed E-state index contributed by atoms with van der Waals surface area (Å²) in [5.41, 5.74) is 1.17. The van der Waals surface area contributed by atoms with Gasteiger partial charge in [0.1, 0.15) is 13.2 Å². The van der Waals surface area contributed by atoms with Crippen molar-refractivity contribution < 1.29 is 14.3 Å². The van der Waals surface area contributed by atoms with Crippen LogP contribution in [0.1, 0.15) is 28.8 Å². The van der Waals surface area contributed by atoms with Gasteiger partial charge in [0.05, 0.1) is 15.6 Å². The second-order valence-corrected chi connectivity index (χ2v) is 6.84. The van der Waals surface area contributed by atoms with E-state index in [4.69, 9.17) is 32.7 Å². The summed E-state index contributed by atoms with van der Waals surface area (Å²) in [6.45, 7) is 1.10. The van der Waals surface area contributed by atoms with E-state index in [0.29, 0.717) is 28.8 Å². The van der Waals surface area contributed by atoms with Gasteiger partial charge in [0, 0.05) is 5.56 Å². The van der Waals surface area contributed by atoms with E-state index >= 15 is 0 Å². The highest BCUT2D eigenvalue weighted by atomic mass is 35.5. The van der Waals surface area contributed by atoms with Crippen LogP contribution in [-0.4, -0.2) is 19.1 Å². The number of nitrogens with one attached hydrogen (secondary N) is 1. The number of carbonyl (C=O) groups is 1. The summed E-state index contributed by atoms with van der Waals surface area (Å²) < 4.78 is 11.2. The predicted octanol–water partition coefficient (Wildman–Crippen LogP) is 4.18. The molecule has 0 radical (unpaired) electrons. The molecule has 2 aromatic rings. The van der Waals surface area contributed by atoms with Crippen molar-refractivity contribution in [2.24, 2.45) is 0 Å². The molecule has 1 heterocycles. The minimum absolute atomic E-state index is 0.166. The summed E-state index contributed by atoms with van der Waals surface area (Å²) in [7, 11) is 0. The topological polar surface area (TPSA) is 47.6 Å². The van der Waals surface area contributed by atoms with Gasteiger partial charge in [-0.15, -0.1) is 0 Å². The molecule has 1 aliphatic heterocycles. The molecule has 1 aliphatic carbocycles. The van der Waals surface area contributed by atoms with Gasteiger partial charge in [0.2, 0.25) is 0 Å². The number of carbonyl (C=O) groups excluding carboxylic acids is 1. The number of benzene rings is 2. The highest BCUT2D eigenvalue weighted by Crippen LogP contribution is 2.48. The standard InChI is InChI=1S/C18H15Cl2NO3/c19-13-3-1-11(9-14(13)20)17(22)21-18(5-6-18)12-2-4-15-16(10-12)24-8-7-23-15/h1-4,9-10H,5-8H2,(H,21,22). The molecule has 1 saturated carbocycles. The first-order valence-corrected chi connectivity index (χ1v) is 8.51. The number of fused-ring (bicyclic) bond motifs is 1. The number of hydrogen-bond donors (Lipinski definition) is 1. The van der Waals surface area contributed by atoms with Crippen LogP contribution in [0.2, 0.25) is 10.0 Å².